The lowest BCUT2D eigenvalue weighted by Crippen LogP contribution is -2.08. The predicted molar refractivity (Wildman–Crippen MR) is 81.0 cm³/mol. The van der Waals surface area contributed by atoms with Gasteiger partial charge >= 0.3 is 0 Å². The molecule has 0 saturated carbocycles. The normalized spacial score (nSPS) is 9.85. The Bertz CT molecular complexity index is 644. The van der Waals surface area contributed by atoms with E-state index in [0.717, 1.165) is 17.0 Å². The maximum absolute atomic E-state index is 8.77. The van der Waals surface area contributed by atoms with E-state index in [4.69, 9.17) is 15.7 Å². The van der Waals surface area contributed by atoms with Crippen molar-refractivity contribution in [3.05, 3.63) is 48.0 Å². The molecule has 0 aromatic heterocycles. The van der Waals surface area contributed by atoms with Gasteiger partial charge in [0.15, 0.2) is 0 Å². The number of hydrogen-bond acceptors (Lipinski definition) is 4. The van der Waals surface area contributed by atoms with Crippen LogP contribution in [0.15, 0.2) is 42.5 Å². The average molecular weight is 267 g/mol. The van der Waals surface area contributed by atoms with E-state index in [9.17, 15) is 0 Å². The van der Waals surface area contributed by atoms with Gasteiger partial charge in [0.25, 0.3) is 0 Å². The maximum atomic E-state index is 8.77. The summed E-state index contributed by atoms with van der Waals surface area (Å²) in [6.45, 7) is 0. The fraction of sp³-hybridized carbons (Fsp3) is 0.188. The highest BCUT2D eigenvalue weighted by atomic mass is 16.5. The van der Waals surface area contributed by atoms with Crippen LogP contribution in [0.2, 0.25) is 0 Å². The van der Waals surface area contributed by atoms with Gasteiger partial charge in [-0.25, -0.2) is 0 Å². The first-order chi connectivity index (χ1) is 9.60. The van der Waals surface area contributed by atoms with Gasteiger partial charge in [-0.3, -0.25) is 0 Å². The van der Waals surface area contributed by atoms with E-state index < -0.39 is 0 Å². The van der Waals surface area contributed by atoms with Crippen LogP contribution in [0.3, 0.4) is 0 Å². The molecule has 102 valence electrons. The second-order valence-electron chi connectivity index (χ2n) is 4.69. The fourth-order valence-electron chi connectivity index (χ4n) is 1.85. The van der Waals surface area contributed by atoms with Crippen LogP contribution in [0.25, 0.3) is 0 Å². The molecule has 0 bridgehead atoms. The number of anilines is 2. The van der Waals surface area contributed by atoms with Gasteiger partial charge in [0.2, 0.25) is 0 Å². The van der Waals surface area contributed by atoms with Gasteiger partial charge in [-0.05, 0) is 35.9 Å². The van der Waals surface area contributed by atoms with Crippen LogP contribution in [-0.4, -0.2) is 14.1 Å². The van der Waals surface area contributed by atoms with E-state index in [-0.39, 0.29) is 6.42 Å². The number of rotatable bonds is 4. The second kappa shape index (κ2) is 5.98. The van der Waals surface area contributed by atoms with Crippen molar-refractivity contribution in [2.45, 2.75) is 6.42 Å². The summed E-state index contributed by atoms with van der Waals surface area (Å²) in [7, 11) is 3.96. The van der Waals surface area contributed by atoms with Crippen LogP contribution in [0.4, 0.5) is 11.4 Å². The number of ether oxygens (including phenoxy) is 1. The third-order valence-corrected chi connectivity index (χ3v) is 2.95. The van der Waals surface area contributed by atoms with Crippen molar-refractivity contribution in [2.24, 2.45) is 0 Å². The first kappa shape index (κ1) is 13.8. The first-order valence-corrected chi connectivity index (χ1v) is 6.31. The Morgan fingerprint density at radius 1 is 1.15 bits per heavy atom. The second-order valence-corrected chi connectivity index (χ2v) is 4.69. The largest absolute Gasteiger partial charge is 0.457 e. The summed E-state index contributed by atoms with van der Waals surface area (Å²) in [5, 5.41) is 8.77. The Labute approximate surface area is 119 Å². The summed E-state index contributed by atoms with van der Waals surface area (Å²) in [5.74, 6) is 1.43. The van der Waals surface area contributed by atoms with Crippen molar-refractivity contribution >= 4 is 11.4 Å². The fourth-order valence-corrected chi connectivity index (χ4v) is 1.85. The Morgan fingerprint density at radius 3 is 2.60 bits per heavy atom. The summed E-state index contributed by atoms with van der Waals surface area (Å²) >= 11 is 0. The summed E-state index contributed by atoms with van der Waals surface area (Å²) in [6, 6.07) is 15.3. The van der Waals surface area contributed by atoms with Crippen molar-refractivity contribution in [3.63, 3.8) is 0 Å². The Morgan fingerprint density at radius 2 is 1.90 bits per heavy atom. The highest BCUT2D eigenvalue weighted by Crippen LogP contribution is 2.27. The monoisotopic (exact) mass is 267 g/mol. The minimum atomic E-state index is 0.279. The Kier molecular flexibility index (Phi) is 4.11. The van der Waals surface area contributed by atoms with Crippen molar-refractivity contribution in [1.29, 1.82) is 5.26 Å². The minimum absolute atomic E-state index is 0.279. The molecule has 0 amide bonds. The third-order valence-electron chi connectivity index (χ3n) is 2.95. The molecule has 0 aliphatic rings. The van der Waals surface area contributed by atoms with Crippen molar-refractivity contribution in [3.8, 4) is 17.6 Å². The molecule has 2 N–H and O–H groups in total. The molecule has 0 aliphatic carbocycles. The van der Waals surface area contributed by atoms with Crippen molar-refractivity contribution in [1.82, 2.24) is 0 Å². The number of nitrogens with two attached hydrogens (primary N) is 1. The lowest BCUT2D eigenvalue weighted by Gasteiger charge is -2.14. The number of hydrogen-bond donors (Lipinski definition) is 1. The van der Waals surface area contributed by atoms with E-state index in [1.807, 2.05) is 43.3 Å². The standard InChI is InChI=1S/C16H17N3O/c1-19(2)13-4-3-5-14(11-13)20-15-6-7-16(18)12(10-15)8-9-17/h3-7,10-11H,8,18H2,1-2H3. The van der Waals surface area contributed by atoms with Gasteiger partial charge < -0.3 is 15.4 Å². The Balaban J connectivity index is 2.24. The van der Waals surface area contributed by atoms with Gasteiger partial charge in [0.1, 0.15) is 11.5 Å². The lowest BCUT2D eigenvalue weighted by atomic mass is 10.1. The highest BCUT2D eigenvalue weighted by molar-refractivity contribution is 5.54. The molecule has 0 unspecified atom stereocenters. The molecule has 20 heavy (non-hydrogen) atoms. The molecule has 0 heterocycles. The topological polar surface area (TPSA) is 62.3 Å². The van der Waals surface area contributed by atoms with Gasteiger partial charge in [0.05, 0.1) is 12.5 Å². The maximum Gasteiger partial charge on any atom is 0.129 e. The SMILES string of the molecule is CN(C)c1cccc(Oc2ccc(N)c(CC#N)c2)c1. The molecule has 4 heteroatoms. The van der Waals surface area contributed by atoms with Crippen LogP contribution in [0.1, 0.15) is 5.56 Å². The molecule has 0 saturated heterocycles. The van der Waals surface area contributed by atoms with Crippen molar-refractivity contribution < 1.29 is 4.74 Å². The Hall–Kier alpha value is -2.67. The zero-order valence-corrected chi connectivity index (χ0v) is 11.6. The van der Waals surface area contributed by atoms with E-state index in [1.165, 1.54) is 0 Å². The van der Waals surface area contributed by atoms with E-state index in [0.29, 0.717) is 11.4 Å². The molecule has 0 fully saturated rings. The predicted octanol–water partition coefficient (Wildman–Crippen LogP) is 3.19. The van der Waals surface area contributed by atoms with Gasteiger partial charge in [0, 0.05) is 31.5 Å². The van der Waals surface area contributed by atoms with Crippen LogP contribution in [0, 0.1) is 11.3 Å². The van der Waals surface area contributed by atoms with Crippen LogP contribution < -0.4 is 15.4 Å². The molecule has 0 spiro atoms. The summed E-state index contributed by atoms with van der Waals surface area (Å²) < 4.78 is 5.82. The smallest absolute Gasteiger partial charge is 0.129 e. The van der Waals surface area contributed by atoms with Crippen LogP contribution >= 0.6 is 0 Å². The highest BCUT2D eigenvalue weighted by Gasteiger charge is 2.04. The molecule has 2 rings (SSSR count). The van der Waals surface area contributed by atoms with Crippen LogP contribution in [-0.2, 0) is 6.42 Å². The molecule has 0 atom stereocenters. The van der Waals surface area contributed by atoms with E-state index in [1.54, 1.807) is 18.2 Å². The first-order valence-electron chi connectivity index (χ1n) is 6.31. The zero-order valence-electron chi connectivity index (χ0n) is 11.6. The molecule has 2 aromatic carbocycles. The summed E-state index contributed by atoms with van der Waals surface area (Å²) in [4.78, 5) is 2.01. The van der Waals surface area contributed by atoms with Crippen LogP contribution in [0.5, 0.6) is 11.5 Å². The third kappa shape index (κ3) is 3.21. The van der Waals surface area contributed by atoms with Gasteiger partial charge in [-0.1, -0.05) is 6.07 Å². The molecule has 2 aromatic rings. The molecular formula is C16H17N3O. The van der Waals surface area contributed by atoms with E-state index in [2.05, 4.69) is 6.07 Å². The number of nitrogen functional groups attached to an aromatic ring is 1. The van der Waals surface area contributed by atoms with E-state index >= 15 is 0 Å². The number of nitriles is 1. The van der Waals surface area contributed by atoms with Crippen molar-refractivity contribution in [2.75, 3.05) is 24.7 Å². The number of nitrogens with zero attached hydrogens (tertiary/aromatic N) is 2. The molecule has 0 aliphatic heterocycles. The zero-order chi connectivity index (χ0) is 14.5. The molecular weight excluding hydrogens is 250 g/mol. The quantitative estimate of drug-likeness (QED) is 0.864. The minimum Gasteiger partial charge on any atom is -0.457 e. The summed E-state index contributed by atoms with van der Waals surface area (Å²) in [6.07, 6.45) is 0.279. The molecule has 4 nitrogen and oxygen atoms in total. The number of benzene rings is 2. The molecule has 0 radical (unpaired) electrons. The van der Waals surface area contributed by atoms with Gasteiger partial charge in [-0.2, -0.15) is 5.26 Å². The average Bonchev–Trinajstić information content (AvgIpc) is 2.43. The summed E-state index contributed by atoms with van der Waals surface area (Å²) in [5.41, 5.74) is 8.28. The lowest BCUT2D eigenvalue weighted by molar-refractivity contribution is 0.482. The van der Waals surface area contributed by atoms with Gasteiger partial charge in [-0.15, -0.1) is 0 Å².